The van der Waals surface area contributed by atoms with Crippen molar-refractivity contribution in [3.8, 4) is 0 Å². The lowest BCUT2D eigenvalue weighted by atomic mass is 9.87. The van der Waals surface area contributed by atoms with E-state index in [2.05, 4.69) is 47.2 Å². The maximum Gasteiger partial charge on any atom is 0.271 e. The van der Waals surface area contributed by atoms with Crippen molar-refractivity contribution in [1.82, 2.24) is 5.43 Å². The zero-order valence-electron chi connectivity index (χ0n) is 12.9. The summed E-state index contributed by atoms with van der Waals surface area (Å²) in [6.07, 6.45) is 1.62. The number of rotatable bonds is 3. The number of hydrogen-bond acceptors (Lipinski definition) is 2. The van der Waals surface area contributed by atoms with Crippen molar-refractivity contribution in [2.75, 3.05) is 0 Å². The van der Waals surface area contributed by atoms with Crippen LogP contribution in [0.1, 0.15) is 42.3 Å². The Hall–Kier alpha value is -1.94. The first-order valence-electron chi connectivity index (χ1n) is 7.06. The standard InChI is InChI=1S/C18H19BrN2O/c1-18(2,3)15-8-6-14(7-9-15)17(22)21-20-12-13-4-10-16(19)11-5-13/h4-12H,1-3H3,(H,21,22)/b20-12+. The highest BCUT2D eigenvalue weighted by Gasteiger charge is 2.14. The van der Waals surface area contributed by atoms with Crippen LogP contribution in [0.3, 0.4) is 0 Å². The Kier molecular flexibility index (Phi) is 5.14. The fraction of sp³-hybridized carbons (Fsp3) is 0.222. The quantitative estimate of drug-likeness (QED) is 0.636. The maximum absolute atomic E-state index is 12.0. The minimum Gasteiger partial charge on any atom is -0.267 e. The lowest BCUT2D eigenvalue weighted by Crippen LogP contribution is -2.18. The summed E-state index contributed by atoms with van der Waals surface area (Å²) >= 11 is 3.37. The van der Waals surface area contributed by atoms with E-state index in [9.17, 15) is 4.79 Å². The van der Waals surface area contributed by atoms with Crippen LogP contribution >= 0.6 is 15.9 Å². The first-order chi connectivity index (χ1) is 10.4. The molecular formula is C18H19BrN2O. The van der Waals surface area contributed by atoms with Crippen LogP contribution in [-0.2, 0) is 5.41 Å². The molecule has 0 spiro atoms. The Morgan fingerprint density at radius 3 is 2.18 bits per heavy atom. The number of hydrazone groups is 1. The zero-order chi connectivity index (χ0) is 16.2. The molecular weight excluding hydrogens is 340 g/mol. The Labute approximate surface area is 139 Å². The van der Waals surface area contributed by atoms with Crippen molar-refractivity contribution >= 4 is 28.1 Å². The van der Waals surface area contributed by atoms with Crippen LogP contribution in [0.5, 0.6) is 0 Å². The van der Waals surface area contributed by atoms with Gasteiger partial charge in [0.25, 0.3) is 5.91 Å². The summed E-state index contributed by atoms with van der Waals surface area (Å²) < 4.78 is 1.01. The van der Waals surface area contributed by atoms with E-state index in [1.807, 2.05) is 48.5 Å². The van der Waals surface area contributed by atoms with Gasteiger partial charge in [-0.2, -0.15) is 5.10 Å². The van der Waals surface area contributed by atoms with Crippen LogP contribution in [0.4, 0.5) is 0 Å². The molecule has 22 heavy (non-hydrogen) atoms. The molecule has 0 aliphatic carbocycles. The van der Waals surface area contributed by atoms with Gasteiger partial charge in [0.1, 0.15) is 0 Å². The molecule has 0 aliphatic rings. The van der Waals surface area contributed by atoms with Crippen molar-refractivity contribution in [3.05, 3.63) is 69.7 Å². The maximum atomic E-state index is 12.0. The van der Waals surface area contributed by atoms with Crippen LogP contribution in [0.25, 0.3) is 0 Å². The van der Waals surface area contributed by atoms with Gasteiger partial charge in [-0.25, -0.2) is 5.43 Å². The van der Waals surface area contributed by atoms with Crippen molar-refractivity contribution < 1.29 is 4.79 Å². The molecule has 0 aromatic heterocycles. The van der Waals surface area contributed by atoms with E-state index in [1.165, 1.54) is 5.56 Å². The molecule has 1 amide bonds. The summed E-state index contributed by atoms with van der Waals surface area (Å²) in [5.41, 5.74) is 5.33. The molecule has 1 N–H and O–H groups in total. The van der Waals surface area contributed by atoms with Gasteiger partial charge >= 0.3 is 0 Å². The molecule has 0 heterocycles. The Balaban J connectivity index is 1.99. The number of benzene rings is 2. The minimum atomic E-state index is -0.214. The summed E-state index contributed by atoms with van der Waals surface area (Å²) in [5.74, 6) is -0.214. The van der Waals surface area contributed by atoms with Gasteiger partial charge in [0.2, 0.25) is 0 Å². The van der Waals surface area contributed by atoms with E-state index in [-0.39, 0.29) is 11.3 Å². The largest absolute Gasteiger partial charge is 0.271 e. The highest BCUT2D eigenvalue weighted by Crippen LogP contribution is 2.22. The van der Waals surface area contributed by atoms with Gasteiger partial charge in [-0.3, -0.25) is 4.79 Å². The summed E-state index contributed by atoms with van der Waals surface area (Å²) in [7, 11) is 0. The Morgan fingerprint density at radius 1 is 1.05 bits per heavy atom. The van der Waals surface area contributed by atoms with Gasteiger partial charge in [0.05, 0.1) is 6.21 Å². The SMILES string of the molecule is CC(C)(C)c1ccc(C(=O)N/N=C/c2ccc(Br)cc2)cc1. The number of amides is 1. The second-order valence-corrected chi connectivity index (χ2v) is 6.99. The van der Waals surface area contributed by atoms with E-state index in [1.54, 1.807) is 6.21 Å². The topological polar surface area (TPSA) is 41.5 Å². The highest BCUT2D eigenvalue weighted by molar-refractivity contribution is 9.10. The first-order valence-corrected chi connectivity index (χ1v) is 7.85. The average molecular weight is 359 g/mol. The molecule has 2 rings (SSSR count). The zero-order valence-corrected chi connectivity index (χ0v) is 14.5. The van der Waals surface area contributed by atoms with Gasteiger partial charge in [-0.15, -0.1) is 0 Å². The summed E-state index contributed by atoms with van der Waals surface area (Å²) in [4.78, 5) is 12.0. The van der Waals surface area contributed by atoms with Gasteiger partial charge in [0.15, 0.2) is 0 Å². The monoisotopic (exact) mass is 358 g/mol. The van der Waals surface area contributed by atoms with Gasteiger partial charge in [0, 0.05) is 10.0 Å². The van der Waals surface area contributed by atoms with E-state index < -0.39 is 0 Å². The van der Waals surface area contributed by atoms with Crippen molar-refractivity contribution in [3.63, 3.8) is 0 Å². The smallest absolute Gasteiger partial charge is 0.267 e. The van der Waals surface area contributed by atoms with Gasteiger partial charge in [-0.1, -0.05) is 61.0 Å². The first kappa shape index (κ1) is 16.4. The van der Waals surface area contributed by atoms with Crippen molar-refractivity contribution in [2.24, 2.45) is 5.10 Å². The molecule has 2 aromatic rings. The van der Waals surface area contributed by atoms with E-state index in [4.69, 9.17) is 0 Å². The van der Waals surface area contributed by atoms with Crippen molar-refractivity contribution in [2.45, 2.75) is 26.2 Å². The Morgan fingerprint density at radius 2 is 1.64 bits per heavy atom. The highest BCUT2D eigenvalue weighted by atomic mass is 79.9. The van der Waals surface area contributed by atoms with Crippen LogP contribution in [0, 0.1) is 0 Å². The van der Waals surface area contributed by atoms with Crippen molar-refractivity contribution in [1.29, 1.82) is 0 Å². The molecule has 0 fully saturated rings. The molecule has 0 saturated carbocycles. The van der Waals surface area contributed by atoms with Gasteiger partial charge in [-0.05, 0) is 40.8 Å². The molecule has 4 heteroatoms. The predicted molar refractivity (Wildman–Crippen MR) is 94.3 cm³/mol. The summed E-state index contributed by atoms with van der Waals surface area (Å²) in [6, 6.07) is 15.3. The molecule has 0 saturated heterocycles. The summed E-state index contributed by atoms with van der Waals surface area (Å²) in [5, 5.41) is 3.98. The number of carbonyl (C=O) groups is 1. The van der Waals surface area contributed by atoms with Gasteiger partial charge < -0.3 is 0 Å². The molecule has 0 aliphatic heterocycles. The molecule has 0 bridgehead atoms. The predicted octanol–water partition coefficient (Wildman–Crippen LogP) is 4.51. The number of halogens is 1. The van der Waals surface area contributed by atoms with Crippen LogP contribution in [0.2, 0.25) is 0 Å². The minimum absolute atomic E-state index is 0.0781. The third kappa shape index (κ3) is 4.53. The van der Waals surface area contributed by atoms with E-state index >= 15 is 0 Å². The molecule has 114 valence electrons. The molecule has 0 unspecified atom stereocenters. The fourth-order valence-corrected chi connectivity index (χ4v) is 2.16. The molecule has 2 aromatic carbocycles. The lowest BCUT2D eigenvalue weighted by Gasteiger charge is -2.18. The number of nitrogens with zero attached hydrogens (tertiary/aromatic N) is 1. The molecule has 0 radical (unpaired) electrons. The van der Waals surface area contributed by atoms with E-state index in [0.717, 1.165) is 10.0 Å². The third-order valence-electron chi connectivity index (χ3n) is 3.26. The second kappa shape index (κ2) is 6.88. The average Bonchev–Trinajstić information content (AvgIpc) is 2.48. The molecule has 3 nitrogen and oxygen atoms in total. The van der Waals surface area contributed by atoms with E-state index in [0.29, 0.717) is 5.56 Å². The fourth-order valence-electron chi connectivity index (χ4n) is 1.90. The normalized spacial score (nSPS) is 11.6. The third-order valence-corrected chi connectivity index (χ3v) is 3.79. The number of hydrogen-bond donors (Lipinski definition) is 1. The van der Waals surface area contributed by atoms with Crippen LogP contribution in [0.15, 0.2) is 58.1 Å². The number of carbonyl (C=O) groups excluding carboxylic acids is 1. The Bertz CT molecular complexity index is 668. The summed E-state index contributed by atoms with van der Waals surface area (Å²) in [6.45, 7) is 6.43. The van der Waals surface area contributed by atoms with Crippen LogP contribution < -0.4 is 5.43 Å². The second-order valence-electron chi connectivity index (χ2n) is 6.08. The molecule has 0 atom stereocenters. The van der Waals surface area contributed by atoms with Crippen LogP contribution in [-0.4, -0.2) is 12.1 Å². The lowest BCUT2D eigenvalue weighted by molar-refractivity contribution is 0.0955. The number of nitrogens with one attached hydrogen (secondary N) is 1.